The summed E-state index contributed by atoms with van der Waals surface area (Å²) in [4.78, 5) is 16.8. The number of ketones is 1. The van der Waals surface area contributed by atoms with Crippen LogP contribution in [0.2, 0.25) is 0 Å². The Morgan fingerprint density at radius 1 is 0.857 bits per heavy atom. The summed E-state index contributed by atoms with van der Waals surface area (Å²) in [5, 5.41) is 13.8. The van der Waals surface area contributed by atoms with Crippen molar-refractivity contribution in [3.05, 3.63) is 77.6 Å². The third-order valence-corrected chi connectivity index (χ3v) is 10.3. The number of rotatable bonds is 9. The number of aromatic nitrogens is 1. The van der Waals surface area contributed by atoms with Crippen LogP contribution in [0.1, 0.15) is 123 Å². The van der Waals surface area contributed by atoms with Crippen LogP contribution in [0.4, 0.5) is 0 Å². The molecule has 267 valence electrons. The van der Waals surface area contributed by atoms with Crippen molar-refractivity contribution in [3.8, 4) is 22.8 Å². The summed E-state index contributed by atoms with van der Waals surface area (Å²) in [7, 11) is 0. The molecule has 4 aromatic rings. The fourth-order valence-electron chi connectivity index (χ4n) is 6.26. The number of aliphatic hydroxyl groups excluding tert-OH is 1. The van der Waals surface area contributed by atoms with Crippen LogP contribution in [0, 0.1) is 27.7 Å². The fraction of sp³-hybridized carbons (Fsp3) is 0.500. The van der Waals surface area contributed by atoms with Gasteiger partial charge in [-0.15, -0.1) is 17.5 Å². The van der Waals surface area contributed by atoms with E-state index in [9.17, 15) is 9.90 Å². The van der Waals surface area contributed by atoms with Crippen molar-refractivity contribution in [1.82, 2.24) is 4.98 Å². The Hall–Kier alpha value is -3.01. The van der Waals surface area contributed by atoms with E-state index in [4.69, 9.17) is 7.48 Å². The SMILES string of the molecule is CCC(C)(CC)C(=O)/C=C(\O)C(C)(CC)CC.[2H]c1nc2c3c(c(CC(C)(C)C)ccc3c1[2H])Oc1c-2[c-]c2ccccc2c1CC(C)(C)C.[Ir]. The molecule has 0 amide bonds. The van der Waals surface area contributed by atoms with Crippen LogP contribution in [0.15, 0.2) is 60.4 Å². The Kier molecular flexibility index (Phi) is 11.8. The van der Waals surface area contributed by atoms with Gasteiger partial charge in [0.15, 0.2) is 5.78 Å². The first-order valence-electron chi connectivity index (χ1n) is 18.8. The number of ether oxygens (including phenoxy) is 1. The van der Waals surface area contributed by atoms with Gasteiger partial charge in [0.05, 0.1) is 8.49 Å². The van der Waals surface area contributed by atoms with E-state index in [-0.39, 0.29) is 65.5 Å². The molecule has 0 bridgehead atoms. The number of pyridine rings is 1. The number of fused-ring (bicyclic) bond motifs is 3. The van der Waals surface area contributed by atoms with Gasteiger partial charge in [-0.1, -0.05) is 130 Å². The van der Waals surface area contributed by atoms with Gasteiger partial charge in [-0.3, -0.25) is 9.78 Å². The molecule has 4 nitrogen and oxygen atoms in total. The van der Waals surface area contributed by atoms with E-state index in [0.29, 0.717) is 11.1 Å². The van der Waals surface area contributed by atoms with Gasteiger partial charge in [0, 0.05) is 54.3 Å². The number of carbonyl (C=O) groups is 1. The molecule has 0 saturated heterocycles. The molecular weight excluding hydrogens is 783 g/mol. The second kappa shape index (κ2) is 15.5. The minimum absolute atomic E-state index is 0. The van der Waals surface area contributed by atoms with Crippen LogP contribution in [0.5, 0.6) is 11.5 Å². The molecule has 0 fully saturated rings. The van der Waals surface area contributed by atoms with E-state index in [0.717, 1.165) is 82.9 Å². The van der Waals surface area contributed by atoms with Gasteiger partial charge in [-0.05, 0) is 66.3 Å². The van der Waals surface area contributed by atoms with Gasteiger partial charge >= 0.3 is 0 Å². The predicted octanol–water partition coefficient (Wildman–Crippen LogP) is 12.8. The van der Waals surface area contributed by atoms with Gasteiger partial charge in [0.2, 0.25) is 0 Å². The molecule has 1 aliphatic heterocycles. The molecule has 49 heavy (non-hydrogen) atoms. The molecule has 5 heteroatoms. The van der Waals surface area contributed by atoms with Crippen molar-refractivity contribution in [2.75, 3.05) is 0 Å². The predicted molar refractivity (Wildman–Crippen MR) is 203 cm³/mol. The Balaban J connectivity index is 0.000000335. The molecule has 3 aromatic carbocycles. The quantitative estimate of drug-likeness (QED) is 0.0912. The molecule has 0 unspecified atom stereocenters. The Bertz CT molecular complexity index is 1930. The largest absolute Gasteiger partial charge is 0.512 e. The van der Waals surface area contributed by atoms with Crippen molar-refractivity contribution in [2.45, 2.75) is 122 Å². The molecule has 1 N–H and O–H groups in total. The van der Waals surface area contributed by atoms with Gasteiger partial charge in [-0.2, -0.15) is 0 Å². The minimum atomic E-state index is -0.337. The zero-order chi connectivity index (χ0) is 37.4. The standard InChI is InChI=1S/C29H30NO.C15H28O2.Ir/c1-28(2,3)16-20-12-11-18-13-14-30-25-22-15-19-9-7-8-10-21(19)23(17-29(4,5)6)27(22)31-26(20)24(18)25;1-7-14(5,8-2)12(16)11-13(17)15(6,9-3)10-4;/h7-14H,16-17H2,1-6H3;11,16H,7-10H2,1-6H3;/q-1;;/b;12-11-;/i13D,14D;;. The Morgan fingerprint density at radius 2 is 1.45 bits per heavy atom. The van der Waals surface area contributed by atoms with Crippen LogP contribution in [-0.2, 0) is 37.7 Å². The number of aliphatic hydroxyl groups is 1. The van der Waals surface area contributed by atoms with E-state index in [2.05, 4.69) is 76.9 Å². The van der Waals surface area contributed by atoms with Crippen LogP contribution in [0.3, 0.4) is 0 Å². The maximum atomic E-state index is 12.2. The number of allylic oxidation sites excluding steroid dienone is 2. The summed E-state index contributed by atoms with van der Waals surface area (Å²) >= 11 is 0. The normalized spacial score (nSPS) is 13.8. The van der Waals surface area contributed by atoms with Crippen molar-refractivity contribution in [3.63, 3.8) is 0 Å². The van der Waals surface area contributed by atoms with Gasteiger partial charge < -0.3 is 9.84 Å². The van der Waals surface area contributed by atoms with Gasteiger partial charge in [0.1, 0.15) is 11.5 Å². The van der Waals surface area contributed by atoms with Gasteiger partial charge in [0.25, 0.3) is 0 Å². The van der Waals surface area contributed by atoms with Crippen molar-refractivity contribution < 1.29 is 37.5 Å². The molecule has 0 aliphatic carbocycles. The summed E-state index contributed by atoms with van der Waals surface area (Å²) in [6.07, 6.45) is 6.42. The number of carbonyl (C=O) groups excluding carboxylic acids is 1. The van der Waals surface area contributed by atoms with E-state index < -0.39 is 0 Å². The summed E-state index contributed by atoms with van der Waals surface area (Å²) in [5.74, 6) is 1.86. The smallest absolute Gasteiger partial charge is 0.164 e. The zero-order valence-corrected chi connectivity index (χ0v) is 34.2. The summed E-state index contributed by atoms with van der Waals surface area (Å²) < 4.78 is 23.7. The second-order valence-electron chi connectivity index (χ2n) is 16.5. The first kappa shape index (κ1) is 37.2. The van der Waals surface area contributed by atoms with E-state index in [1.165, 1.54) is 6.08 Å². The Morgan fingerprint density at radius 3 is 2.02 bits per heavy atom. The van der Waals surface area contributed by atoms with Gasteiger partial charge in [-0.25, -0.2) is 0 Å². The third-order valence-electron chi connectivity index (χ3n) is 10.3. The van der Waals surface area contributed by atoms with E-state index in [1.54, 1.807) is 0 Å². The molecule has 0 spiro atoms. The number of hydrogen-bond acceptors (Lipinski definition) is 4. The van der Waals surface area contributed by atoms with Crippen molar-refractivity contribution in [2.24, 2.45) is 21.7 Å². The fourth-order valence-corrected chi connectivity index (χ4v) is 6.26. The molecule has 5 rings (SSSR count). The average Bonchev–Trinajstić information content (AvgIpc) is 3.06. The average molecular weight is 843 g/mol. The molecule has 2 heterocycles. The monoisotopic (exact) mass is 843 g/mol. The van der Waals surface area contributed by atoms with Crippen LogP contribution in [0.25, 0.3) is 32.8 Å². The van der Waals surface area contributed by atoms with Crippen molar-refractivity contribution >= 4 is 27.3 Å². The Labute approximate surface area is 312 Å². The zero-order valence-electron chi connectivity index (χ0n) is 33.8. The van der Waals surface area contributed by atoms with Crippen LogP contribution >= 0.6 is 0 Å². The third kappa shape index (κ3) is 8.84. The van der Waals surface area contributed by atoms with Crippen molar-refractivity contribution in [1.29, 1.82) is 0 Å². The minimum Gasteiger partial charge on any atom is -0.512 e. The van der Waals surface area contributed by atoms with Crippen LogP contribution < -0.4 is 4.74 Å². The maximum absolute atomic E-state index is 12.2. The molecule has 1 aliphatic rings. The molecule has 0 atom stereocenters. The summed E-state index contributed by atoms with van der Waals surface area (Å²) in [6, 6.07) is 16.0. The van der Waals surface area contributed by atoms with E-state index in [1.807, 2.05) is 53.7 Å². The molecule has 1 radical (unpaired) electrons. The van der Waals surface area contributed by atoms with E-state index >= 15 is 0 Å². The summed E-state index contributed by atoms with van der Waals surface area (Å²) in [5.41, 5.74) is 3.29. The topological polar surface area (TPSA) is 59.4 Å². The van der Waals surface area contributed by atoms with Crippen LogP contribution in [-0.4, -0.2) is 15.9 Å². The number of nitrogens with zero attached hydrogens (tertiary/aromatic N) is 1. The number of hydrogen-bond donors (Lipinski definition) is 1. The molecular formula is C44H58IrNO3-. The second-order valence-corrected chi connectivity index (χ2v) is 16.5. The molecule has 0 saturated carbocycles. The first-order valence-corrected chi connectivity index (χ1v) is 17.8. The maximum Gasteiger partial charge on any atom is 0.164 e. The summed E-state index contributed by atoms with van der Waals surface area (Å²) in [6.45, 7) is 25.4. The number of benzene rings is 3. The first-order chi connectivity index (χ1) is 23.2. The molecule has 1 aromatic heterocycles.